The Kier molecular flexibility index (Phi) is 5.76. The lowest BCUT2D eigenvalue weighted by Crippen LogP contribution is -2.27. The molecule has 0 aliphatic carbocycles. The van der Waals surface area contributed by atoms with Gasteiger partial charge in [0.2, 0.25) is 5.95 Å². The number of nitrogens with zero attached hydrogens (tertiary/aromatic N) is 3. The van der Waals surface area contributed by atoms with Gasteiger partial charge in [-0.05, 0) is 49.8 Å². The number of fused-ring (bicyclic) bond motifs is 1. The zero-order valence-corrected chi connectivity index (χ0v) is 16.2. The Balaban J connectivity index is 1.92. The Morgan fingerprint density at radius 1 is 1.19 bits per heavy atom. The van der Waals surface area contributed by atoms with Crippen molar-refractivity contribution in [1.29, 1.82) is 0 Å². The molecule has 0 saturated carbocycles. The van der Waals surface area contributed by atoms with Gasteiger partial charge in [0.05, 0.1) is 11.0 Å². The summed E-state index contributed by atoms with van der Waals surface area (Å²) in [6.45, 7) is 9.85. The average molecular weight is 365 g/mol. The predicted molar refractivity (Wildman–Crippen MR) is 111 cm³/mol. The van der Waals surface area contributed by atoms with Crippen molar-refractivity contribution in [2.24, 2.45) is 0 Å². The standard InChI is InChI=1S/C21H27N5O/c1-4-25(5-2)12-13-26-19-9-7-6-8-18(19)23-21(26)24-20(27)17-14-16(22)11-10-15(17)3/h6-11,14H,4-5,12-13,22H2,1-3H3,(H,23,24,27). The van der Waals surface area contributed by atoms with Crippen molar-refractivity contribution in [3.05, 3.63) is 53.6 Å². The van der Waals surface area contributed by atoms with Crippen molar-refractivity contribution in [3.63, 3.8) is 0 Å². The summed E-state index contributed by atoms with van der Waals surface area (Å²) in [5.41, 5.74) is 9.76. The summed E-state index contributed by atoms with van der Waals surface area (Å²) in [6.07, 6.45) is 0. The van der Waals surface area contributed by atoms with Gasteiger partial charge in [0, 0.05) is 24.3 Å². The normalized spacial score (nSPS) is 11.3. The monoisotopic (exact) mass is 365 g/mol. The number of hydrogen-bond acceptors (Lipinski definition) is 4. The molecular formula is C21H27N5O. The molecule has 0 bridgehead atoms. The van der Waals surface area contributed by atoms with Gasteiger partial charge in [0.1, 0.15) is 0 Å². The van der Waals surface area contributed by atoms with E-state index in [4.69, 9.17) is 5.73 Å². The second-order valence-electron chi connectivity index (χ2n) is 6.63. The molecule has 3 rings (SSSR count). The molecule has 0 radical (unpaired) electrons. The maximum atomic E-state index is 12.8. The molecule has 1 amide bonds. The minimum atomic E-state index is -0.195. The molecule has 27 heavy (non-hydrogen) atoms. The highest BCUT2D eigenvalue weighted by Crippen LogP contribution is 2.21. The first-order valence-electron chi connectivity index (χ1n) is 9.38. The molecule has 3 N–H and O–H groups in total. The van der Waals surface area contributed by atoms with Crippen LogP contribution in [0.5, 0.6) is 0 Å². The first-order valence-corrected chi connectivity index (χ1v) is 9.38. The molecule has 3 aromatic rings. The van der Waals surface area contributed by atoms with Crippen LogP contribution in [0.2, 0.25) is 0 Å². The number of imidazole rings is 1. The first kappa shape index (κ1) is 18.9. The summed E-state index contributed by atoms with van der Waals surface area (Å²) < 4.78 is 2.08. The lowest BCUT2D eigenvalue weighted by atomic mass is 10.1. The van der Waals surface area contributed by atoms with E-state index in [1.807, 2.05) is 37.3 Å². The minimum Gasteiger partial charge on any atom is -0.399 e. The predicted octanol–water partition coefficient (Wildman–Crippen LogP) is 3.52. The van der Waals surface area contributed by atoms with Crippen LogP contribution < -0.4 is 11.1 Å². The highest BCUT2D eigenvalue weighted by molar-refractivity contribution is 6.05. The molecule has 142 valence electrons. The Morgan fingerprint density at radius 3 is 2.67 bits per heavy atom. The number of rotatable bonds is 7. The number of carbonyl (C=O) groups is 1. The van der Waals surface area contributed by atoms with Crippen LogP contribution in [-0.4, -0.2) is 40.0 Å². The molecule has 0 spiro atoms. The molecule has 0 atom stereocenters. The van der Waals surface area contributed by atoms with E-state index < -0.39 is 0 Å². The summed E-state index contributed by atoms with van der Waals surface area (Å²) in [5, 5.41) is 2.98. The van der Waals surface area contributed by atoms with Crippen molar-refractivity contribution >= 4 is 28.6 Å². The highest BCUT2D eigenvalue weighted by Gasteiger charge is 2.16. The molecule has 0 unspecified atom stereocenters. The average Bonchev–Trinajstić information content (AvgIpc) is 3.01. The van der Waals surface area contributed by atoms with Gasteiger partial charge in [0.25, 0.3) is 5.91 Å². The van der Waals surface area contributed by atoms with Gasteiger partial charge in [-0.3, -0.25) is 10.1 Å². The molecule has 6 nitrogen and oxygen atoms in total. The zero-order valence-electron chi connectivity index (χ0n) is 16.2. The number of hydrogen-bond donors (Lipinski definition) is 2. The van der Waals surface area contributed by atoms with Crippen molar-refractivity contribution in [2.75, 3.05) is 30.7 Å². The quantitative estimate of drug-likeness (QED) is 0.628. The lowest BCUT2D eigenvalue weighted by Gasteiger charge is -2.19. The summed E-state index contributed by atoms with van der Waals surface area (Å²) in [6, 6.07) is 13.3. The van der Waals surface area contributed by atoms with Gasteiger partial charge in [-0.25, -0.2) is 4.98 Å². The van der Waals surface area contributed by atoms with E-state index in [2.05, 4.69) is 33.6 Å². The lowest BCUT2D eigenvalue weighted by molar-refractivity contribution is 0.102. The minimum absolute atomic E-state index is 0.195. The highest BCUT2D eigenvalue weighted by atomic mass is 16.1. The maximum Gasteiger partial charge on any atom is 0.258 e. The van der Waals surface area contributed by atoms with Crippen molar-refractivity contribution in [3.8, 4) is 0 Å². The van der Waals surface area contributed by atoms with E-state index in [9.17, 15) is 4.79 Å². The van der Waals surface area contributed by atoms with Crippen molar-refractivity contribution in [1.82, 2.24) is 14.5 Å². The Labute approximate surface area is 160 Å². The van der Waals surface area contributed by atoms with Gasteiger partial charge < -0.3 is 15.2 Å². The first-order chi connectivity index (χ1) is 13.0. The SMILES string of the molecule is CCN(CC)CCn1c(NC(=O)c2cc(N)ccc2C)nc2ccccc21. The number of benzene rings is 2. The van der Waals surface area contributed by atoms with Crippen LogP contribution in [0.1, 0.15) is 29.8 Å². The van der Waals surface area contributed by atoms with E-state index >= 15 is 0 Å². The number of aromatic nitrogens is 2. The number of para-hydroxylation sites is 2. The number of anilines is 2. The molecular weight excluding hydrogens is 338 g/mol. The molecule has 0 saturated heterocycles. The number of likely N-dealkylation sites (N-methyl/N-ethyl adjacent to an activating group) is 1. The van der Waals surface area contributed by atoms with Crippen LogP contribution in [0.15, 0.2) is 42.5 Å². The number of aryl methyl sites for hydroxylation is 1. The van der Waals surface area contributed by atoms with Crippen LogP contribution in [-0.2, 0) is 6.54 Å². The largest absolute Gasteiger partial charge is 0.399 e. The molecule has 0 aliphatic heterocycles. The number of carbonyl (C=O) groups excluding carboxylic acids is 1. The summed E-state index contributed by atoms with van der Waals surface area (Å²) in [4.78, 5) is 19.8. The smallest absolute Gasteiger partial charge is 0.258 e. The third-order valence-corrected chi connectivity index (χ3v) is 4.92. The molecule has 2 aromatic carbocycles. The number of nitrogen functional groups attached to an aromatic ring is 1. The van der Waals surface area contributed by atoms with Crippen molar-refractivity contribution < 1.29 is 4.79 Å². The third-order valence-electron chi connectivity index (χ3n) is 4.92. The topological polar surface area (TPSA) is 76.2 Å². The second kappa shape index (κ2) is 8.22. The van der Waals surface area contributed by atoms with Crippen LogP contribution >= 0.6 is 0 Å². The Bertz CT molecular complexity index is 943. The van der Waals surface area contributed by atoms with Gasteiger partial charge in [-0.2, -0.15) is 0 Å². The molecule has 0 aliphatic rings. The number of nitrogens with two attached hydrogens (primary N) is 1. The molecule has 6 heteroatoms. The summed E-state index contributed by atoms with van der Waals surface area (Å²) in [5.74, 6) is 0.370. The van der Waals surface area contributed by atoms with E-state index in [-0.39, 0.29) is 5.91 Å². The van der Waals surface area contributed by atoms with E-state index in [1.54, 1.807) is 12.1 Å². The maximum absolute atomic E-state index is 12.8. The van der Waals surface area contributed by atoms with Gasteiger partial charge in [-0.15, -0.1) is 0 Å². The van der Waals surface area contributed by atoms with Crippen LogP contribution in [0.3, 0.4) is 0 Å². The second-order valence-corrected chi connectivity index (χ2v) is 6.63. The van der Waals surface area contributed by atoms with E-state index in [1.165, 1.54) is 0 Å². The van der Waals surface area contributed by atoms with E-state index in [0.717, 1.165) is 42.8 Å². The molecule has 1 aromatic heterocycles. The van der Waals surface area contributed by atoms with E-state index in [0.29, 0.717) is 17.2 Å². The number of amides is 1. The molecule has 1 heterocycles. The number of nitrogens with one attached hydrogen (secondary N) is 1. The molecule has 0 fully saturated rings. The van der Waals surface area contributed by atoms with Crippen molar-refractivity contribution in [2.45, 2.75) is 27.3 Å². The summed E-state index contributed by atoms with van der Waals surface area (Å²) >= 11 is 0. The Morgan fingerprint density at radius 2 is 1.93 bits per heavy atom. The zero-order chi connectivity index (χ0) is 19.4. The van der Waals surface area contributed by atoms with Gasteiger partial charge in [0.15, 0.2) is 0 Å². The van der Waals surface area contributed by atoms with Gasteiger partial charge >= 0.3 is 0 Å². The Hall–Kier alpha value is -2.86. The van der Waals surface area contributed by atoms with Gasteiger partial charge in [-0.1, -0.05) is 32.0 Å². The fraction of sp³-hybridized carbons (Fsp3) is 0.333. The fourth-order valence-corrected chi connectivity index (χ4v) is 3.23. The van der Waals surface area contributed by atoms with Crippen LogP contribution in [0.4, 0.5) is 11.6 Å². The summed E-state index contributed by atoms with van der Waals surface area (Å²) in [7, 11) is 0. The third kappa shape index (κ3) is 4.11. The van der Waals surface area contributed by atoms with Crippen LogP contribution in [0, 0.1) is 6.92 Å². The van der Waals surface area contributed by atoms with Crippen LogP contribution in [0.25, 0.3) is 11.0 Å². The fourth-order valence-electron chi connectivity index (χ4n) is 3.23.